The van der Waals surface area contributed by atoms with E-state index in [0.29, 0.717) is 6.04 Å². The largest absolute Gasteiger partial charge is 0.379 e. The summed E-state index contributed by atoms with van der Waals surface area (Å²) in [5, 5.41) is 8.98. The number of rotatable bonds is 3. The molecule has 3 heterocycles. The van der Waals surface area contributed by atoms with Crippen LogP contribution in [0.15, 0.2) is 18.5 Å². The molecule has 0 aliphatic carbocycles. The van der Waals surface area contributed by atoms with Gasteiger partial charge in [0, 0.05) is 31.1 Å². The first kappa shape index (κ1) is 11.5. The monoisotopic (exact) mass is 246 g/mol. The van der Waals surface area contributed by atoms with Crippen LogP contribution < -0.4 is 5.32 Å². The second-order valence-corrected chi connectivity index (χ2v) is 4.61. The average molecular weight is 246 g/mol. The fraction of sp³-hybridized carbons (Fsp3) is 0.538. The van der Waals surface area contributed by atoms with Gasteiger partial charge in [0.2, 0.25) is 0 Å². The molecule has 0 bridgehead atoms. The summed E-state index contributed by atoms with van der Waals surface area (Å²) in [5.41, 5.74) is 2.05. The topological polar surface area (TPSA) is 52.0 Å². The maximum absolute atomic E-state index is 5.49. The molecule has 1 aliphatic heterocycles. The lowest BCUT2D eigenvalue weighted by atomic mass is 10.1. The van der Waals surface area contributed by atoms with Crippen molar-refractivity contribution in [3.8, 4) is 0 Å². The van der Waals surface area contributed by atoms with Crippen LogP contribution >= 0.6 is 0 Å². The van der Waals surface area contributed by atoms with E-state index in [9.17, 15) is 0 Å². The van der Waals surface area contributed by atoms with Gasteiger partial charge in [-0.15, -0.1) is 0 Å². The molecule has 2 aromatic heterocycles. The molecule has 0 radical (unpaired) electrons. The van der Waals surface area contributed by atoms with Crippen LogP contribution in [0.1, 0.15) is 19.8 Å². The summed E-state index contributed by atoms with van der Waals surface area (Å²) in [6, 6.07) is 2.41. The molecule has 0 aromatic carbocycles. The molecule has 96 valence electrons. The number of hydrogen-bond acceptors (Lipinski definition) is 4. The van der Waals surface area contributed by atoms with Gasteiger partial charge >= 0.3 is 0 Å². The quantitative estimate of drug-likeness (QED) is 0.900. The van der Waals surface area contributed by atoms with Crippen molar-refractivity contribution in [2.24, 2.45) is 0 Å². The van der Waals surface area contributed by atoms with E-state index in [1.165, 1.54) is 0 Å². The summed E-state index contributed by atoms with van der Waals surface area (Å²) in [6.07, 6.45) is 6.01. The van der Waals surface area contributed by atoms with E-state index in [4.69, 9.17) is 4.74 Å². The average Bonchev–Trinajstić information content (AvgIpc) is 2.84. The van der Waals surface area contributed by atoms with E-state index >= 15 is 0 Å². The smallest absolute Gasteiger partial charge is 0.159 e. The van der Waals surface area contributed by atoms with Crippen LogP contribution in [-0.4, -0.2) is 34.0 Å². The maximum Gasteiger partial charge on any atom is 0.159 e. The molecule has 0 saturated carbocycles. The van der Waals surface area contributed by atoms with Crippen LogP contribution in [0, 0.1) is 0 Å². The molecule has 5 heteroatoms. The van der Waals surface area contributed by atoms with Gasteiger partial charge in [-0.05, 0) is 25.8 Å². The number of hydrogen-bond donors (Lipinski definition) is 1. The molecular formula is C13H18N4O. The van der Waals surface area contributed by atoms with E-state index in [0.717, 1.165) is 49.3 Å². The van der Waals surface area contributed by atoms with Crippen LogP contribution in [-0.2, 0) is 11.3 Å². The van der Waals surface area contributed by atoms with Gasteiger partial charge < -0.3 is 10.1 Å². The lowest BCUT2D eigenvalue weighted by Gasteiger charge is -2.24. The summed E-state index contributed by atoms with van der Waals surface area (Å²) in [7, 11) is 0. The standard InChI is InChI=1S/C13H18N4O/c1-2-17-13-11(8-15-17)12(5-6-14-13)16-10-4-3-7-18-9-10/h5-6,8,10H,2-4,7,9H2,1H3,(H,14,16). The van der Waals surface area contributed by atoms with Gasteiger partial charge in [-0.2, -0.15) is 5.10 Å². The van der Waals surface area contributed by atoms with E-state index in [1.807, 2.05) is 23.1 Å². The van der Waals surface area contributed by atoms with Gasteiger partial charge in [-0.25, -0.2) is 9.67 Å². The predicted octanol–water partition coefficient (Wildman–Crippen LogP) is 2.04. The number of pyridine rings is 1. The normalized spacial score (nSPS) is 20.2. The van der Waals surface area contributed by atoms with E-state index in [-0.39, 0.29) is 0 Å². The summed E-state index contributed by atoms with van der Waals surface area (Å²) >= 11 is 0. The number of fused-ring (bicyclic) bond motifs is 1. The molecule has 0 amide bonds. The zero-order valence-electron chi connectivity index (χ0n) is 10.6. The predicted molar refractivity (Wildman–Crippen MR) is 70.7 cm³/mol. The van der Waals surface area contributed by atoms with Crippen LogP contribution in [0.5, 0.6) is 0 Å². The fourth-order valence-electron chi connectivity index (χ4n) is 2.41. The van der Waals surface area contributed by atoms with Crippen molar-refractivity contribution in [2.75, 3.05) is 18.5 Å². The Morgan fingerprint density at radius 2 is 2.50 bits per heavy atom. The van der Waals surface area contributed by atoms with E-state index in [2.05, 4.69) is 22.3 Å². The van der Waals surface area contributed by atoms with E-state index in [1.54, 1.807) is 0 Å². The molecule has 1 N–H and O–H groups in total. The number of aryl methyl sites for hydroxylation is 1. The Kier molecular flexibility index (Phi) is 3.15. The zero-order chi connectivity index (χ0) is 12.4. The van der Waals surface area contributed by atoms with Crippen molar-refractivity contribution in [1.29, 1.82) is 0 Å². The van der Waals surface area contributed by atoms with Gasteiger partial charge in [-0.3, -0.25) is 0 Å². The number of nitrogens with one attached hydrogen (secondary N) is 1. The minimum Gasteiger partial charge on any atom is -0.379 e. The Bertz CT molecular complexity index is 531. The summed E-state index contributed by atoms with van der Waals surface area (Å²) < 4.78 is 7.41. The molecule has 18 heavy (non-hydrogen) atoms. The van der Waals surface area contributed by atoms with Crippen molar-refractivity contribution in [2.45, 2.75) is 32.4 Å². The van der Waals surface area contributed by atoms with Crippen molar-refractivity contribution < 1.29 is 4.74 Å². The summed E-state index contributed by atoms with van der Waals surface area (Å²) in [4.78, 5) is 4.39. The first-order valence-corrected chi connectivity index (χ1v) is 6.53. The molecule has 2 aromatic rings. The van der Waals surface area contributed by atoms with Gasteiger partial charge in [0.15, 0.2) is 5.65 Å². The Morgan fingerprint density at radius 1 is 1.56 bits per heavy atom. The lowest BCUT2D eigenvalue weighted by Crippen LogP contribution is -2.30. The van der Waals surface area contributed by atoms with Gasteiger partial charge in [0.05, 0.1) is 18.2 Å². The molecule has 1 saturated heterocycles. The van der Waals surface area contributed by atoms with Crippen LogP contribution in [0.25, 0.3) is 11.0 Å². The van der Waals surface area contributed by atoms with Gasteiger partial charge in [0.1, 0.15) is 0 Å². The third-order valence-electron chi connectivity index (χ3n) is 3.36. The molecule has 3 rings (SSSR count). The van der Waals surface area contributed by atoms with E-state index < -0.39 is 0 Å². The van der Waals surface area contributed by atoms with Crippen molar-refractivity contribution in [3.63, 3.8) is 0 Å². The van der Waals surface area contributed by atoms with Crippen LogP contribution in [0.3, 0.4) is 0 Å². The molecule has 5 nitrogen and oxygen atoms in total. The number of ether oxygens (including phenoxy) is 1. The van der Waals surface area contributed by atoms with Crippen molar-refractivity contribution >= 4 is 16.7 Å². The third kappa shape index (κ3) is 2.06. The van der Waals surface area contributed by atoms with Crippen molar-refractivity contribution in [3.05, 3.63) is 18.5 Å². The first-order chi connectivity index (χ1) is 8.88. The van der Waals surface area contributed by atoms with Gasteiger partial charge in [0.25, 0.3) is 0 Å². The fourth-order valence-corrected chi connectivity index (χ4v) is 2.41. The highest BCUT2D eigenvalue weighted by atomic mass is 16.5. The van der Waals surface area contributed by atoms with Crippen LogP contribution in [0.4, 0.5) is 5.69 Å². The SMILES string of the molecule is CCn1ncc2c(NC3CCCOC3)ccnc21. The number of nitrogens with zero attached hydrogens (tertiary/aromatic N) is 3. The first-order valence-electron chi connectivity index (χ1n) is 6.53. The summed E-state index contributed by atoms with van der Waals surface area (Å²) in [5.74, 6) is 0. The molecule has 0 spiro atoms. The Labute approximate surface area is 106 Å². The minimum absolute atomic E-state index is 0.398. The molecular weight excluding hydrogens is 228 g/mol. The van der Waals surface area contributed by atoms with Gasteiger partial charge in [-0.1, -0.05) is 0 Å². The number of anilines is 1. The zero-order valence-corrected chi connectivity index (χ0v) is 10.6. The Balaban J connectivity index is 1.89. The van der Waals surface area contributed by atoms with Crippen LogP contribution in [0.2, 0.25) is 0 Å². The Hall–Kier alpha value is -1.62. The third-order valence-corrected chi connectivity index (χ3v) is 3.36. The number of aromatic nitrogens is 3. The maximum atomic E-state index is 5.49. The highest BCUT2D eigenvalue weighted by Gasteiger charge is 2.15. The summed E-state index contributed by atoms with van der Waals surface area (Å²) in [6.45, 7) is 4.58. The molecule has 1 atom stereocenters. The van der Waals surface area contributed by atoms with Crippen molar-refractivity contribution in [1.82, 2.24) is 14.8 Å². The Morgan fingerprint density at radius 3 is 3.28 bits per heavy atom. The molecule has 1 aliphatic rings. The lowest BCUT2D eigenvalue weighted by molar-refractivity contribution is 0.0876. The molecule has 1 unspecified atom stereocenters. The molecule has 1 fully saturated rings. The minimum atomic E-state index is 0.398. The highest BCUT2D eigenvalue weighted by Crippen LogP contribution is 2.23. The second-order valence-electron chi connectivity index (χ2n) is 4.61. The second kappa shape index (κ2) is 4.94. The highest BCUT2D eigenvalue weighted by molar-refractivity contribution is 5.88.